The van der Waals surface area contributed by atoms with Crippen molar-refractivity contribution in [2.45, 2.75) is 37.8 Å². The highest BCUT2D eigenvalue weighted by molar-refractivity contribution is 5.89. The lowest BCUT2D eigenvalue weighted by atomic mass is 10.1. The minimum absolute atomic E-state index is 0.0841. The maximum atomic E-state index is 12.5. The van der Waals surface area contributed by atoms with E-state index in [-0.39, 0.29) is 18.2 Å². The Kier molecular flexibility index (Phi) is 4.42. The SMILES string of the molecule is CN(C)c1ncc(NC(=O)N2CCCC2C2CCCO2)cn1. The van der Waals surface area contributed by atoms with Gasteiger partial charge in [0.05, 0.1) is 30.2 Å². The predicted octanol–water partition coefficient (Wildman–Crippen LogP) is 1.72. The van der Waals surface area contributed by atoms with Crippen LogP contribution in [0.5, 0.6) is 0 Å². The molecule has 2 aliphatic rings. The largest absolute Gasteiger partial charge is 0.376 e. The van der Waals surface area contributed by atoms with Gasteiger partial charge in [-0.3, -0.25) is 0 Å². The number of anilines is 2. The number of hydrogen-bond donors (Lipinski definition) is 1. The van der Waals surface area contributed by atoms with E-state index in [9.17, 15) is 4.79 Å². The van der Waals surface area contributed by atoms with E-state index >= 15 is 0 Å². The molecule has 0 bridgehead atoms. The van der Waals surface area contributed by atoms with Crippen LogP contribution in [0.3, 0.4) is 0 Å². The van der Waals surface area contributed by atoms with E-state index in [1.807, 2.05) is 23.9 Å². The molecule has 2 fully saturated rings. The Bertz CT molecular complexity index is 513. The van der Waals surface area contributed by atoms with Crippen molar-refractivity contribution in [1.82, 2.24) is 14.9 Å². The van der Waals surface area contributed by atoms with Gasteiger partial charge >= 0.3 is 6.03 Å². The van der Waals surface area contributed by atoms with Crippen LogP contribution >= 0.6 is 0 Å². The average Bonchev–Trinajstić information content (AvgIpc) is 3.18. The summed E-state index contributed by atoms with van der Waals surface area (Å²) in [5.74, 6) is 0.622. The highest BCUT2D eigenvalue weighted by Crippen LogP contribution is 2.28. The minimum atomic E-state index is -0.0841. The van der Waals surface area contributed by atoms with Crippen molar-refractivity contribution in [1.29, 1.82) is 0 Å². The topological polar surface area (TPSA) is 70.6 Å². The van der Waals surface area contributed by atoms with Crippen LogP contribution in [-0.2, 0) is 4.74 Å². The van der Waals surface area contributed by atoms with Gasteiger partial charge in [0, 0.05) is 27.2 Å². The van der Waals surface area contributed by atoms with E-state index in [1.54, 1.807) is 12.4 Å². The summed E-state index contributed by atoms with van der Waals surface area (Å²) in [5, 5.41) is 2.89. The fourth-order valence-corrected chi connectivity index (χ4v) is 3.15. The normalized spacial score (nSPS) is 24.5. The second-order valence-corrected chi connectivity index (χ2v) is 6.05. The first kappa shape index (κ1) is 15.0. The summed E-state index contributed by atoms with van der Waals surface area (Å²) in [4.78, 5) is 24.6. The first-order valence-corrected chi connectivity index (χ1v) is 7.84. The van der Waals surface area contributed by atoms with E-state index in [0.717, 1.165) is 38.8 Å². The van der Waals surface area contributed by atoms with Crippen LogP contribution in [0.2, 0.25) is 0 Å². The maximum Gasteiger partial charge on any atom is 0.322 e. The Hall–Kier alpha value is -1.89. The van der Waals surface area contributed by atoms with Gasteiger partial charge in [-0.25, -0.2) is 14.8 Å². The van der Waals surface area contributed by atoms with Gasteiger partial charge in [0.25, 0.3) is 0 Å². The number of aromatic nitrogens is 2. The highest BCUT2D eigenvalue weighted by atomic mass is 16.5. The molecular weight excluding hydrogens is 282 g/mol. The van der Waals surface area contributed by atoms with Crippen molar-refractivity contribution >= 4 is 17.7 Å². The van der Waals surface area contributed by atoms with Crippen LogP contribution in [0.1, 0.15) is 25.7 Å². The summed E-state index contributed by atoms with van der Waals surface area (Å²) in [6, 6.07) is 0.115. The Balaban J connectivity index is 1.63. The molecule has 1 aromatic rings. The second kappa shape index (κ2) is 6.48. The Morgan fingerprint density at radius 3 is 2.73 bits per heavy atom. The number of carbonyl (C=O) groups is 1. The third kappa shape index (κ3) is 3.14. The quantitative estimate of drug-likeness (QED) is 0.920. The molecule has 0 spiro atoms. The van der Waals surface area contributed by atoms with Gasteiger partial charge in [-0.15, -0.1) is 0 Å². The van der Waals surface area contributed by atoms with Crippen molar-refractivity contribution in [2.24, 2.45) is 0 Å². The van der Waals surface area contributed by atoms with Crippen molar-refractivity contribution in [3.63, 3.8) is 0 Å². The van der Waals surface area contributed by atoms with E-state index in [4.69, 9.17) is 4.74 Å². The molecule has 2 atom stereocenters. The molecule has 2 unspecified atom stereocenters. The van der Waals surface area contributed by atoms with Crippen LogP contribution in [0.4, 0.5) is 16.4 Å². The average molecular weight is 305 g/mol. The van der Waals surface area contributed by atoms with Crippen LogP contribution in [0.15, 0.2) is 12.4 Å². The first-order chi connectivity index (χ1) is 10.6. The van der Waals surface area contributed by atoms with Gasteiger partial charge in [-0.1, -0.05) is 0 Å². The van der Waals surface area contributed by atoms with Crippen molar-refractivity contribution < 1.29 is 9.53 Å². The number of nitrogens with one attached hydrogen (secondary N) is 1. The number of ether oxygens (including phenoxy) is 1. The molecule has 3 rings (SSSR count). The number of hydrogen-bond acceptors (Lipinski definition) is 5. The van der Waals surface area contributed by atoms with Gasteiger partial charge in [-0.2, -0.15) is 0 Å². The lowest BCUT2D eigenvalue weighted by Crippen LogP contribution is -2.44. The number of rotatable bonds is 3. The summed E-state index contributed by atoms with van der Waals surface area (Å²) in [6.45, 7) is 1.60. The number of likely N-dealkylation sites (tertiary alicyclic amines) is 1. The fraction of sp³-hybridized carbons (Fsp3) is 0.667. The molecule has 2 amide bonds. The monoisotopic (exact) mass is 305 g/mol. The van der Waals surface area contributed by atoms with Gasteiger partial charge in [-0.05, 0) is 25.7 Å². The molecule has 22 heavy (non-hydrogen) atoms. The van der Waals surface area contributed by atoms with E-state index < -0.39 is 0 Å². The molecule has 0 saturated carbocycles. The molecule has 3 heterocycles. The molecule has 1 N–H and O–H groups in total. The third-order valence-electron chi connectivity index (χ3n) is 4.24. The van der Waals surface area contributed by atoms with Gasteiger partial charge < -0.3 is 19.9 Å². The van der Waals surface area contributed by atoms with E-state index in [1.165, 1.54) is 0 Å². The zero-order chi connectivity index (χ0) is 15.5. The summed E-state index contributed by atoms with van der Waals surface area (Å²) in [5.41, 5.74) is 0.619. The van der Waals surface area contributed by atoms with Crippen molar-refractivity contribution in [3.8, 4) is 0 Å². The fourth-order valence-electron chi connectivity index (χ4n) is 3.15. The number of nitrogens with zero attached hydrogens (tertiary/aromatic N) is 4. The van der Waals surface area contributed by atoms with E-state index in [0.29, 0.717) is 11.6 Å². The molecule has 120 valence electrons. The minimum Gasteiger partial charge on any atom is -0.376 e. The number of carbonyl (C=O) groups excluding carboxylic acids is 1. The van der Waals surface area contributed by atoms with Crippen LogP contribution in [0, 0.1) is 0 Å². The smallest absolute Gasteiger partial charge is 0.322 e. The second-order valence-electron chi connectivity index (χ2n) is 6.05. The lowest BCUT2D eigenvalue weighted by Gasteiger charge is -2.28. The summed E-state index contributed by atoms with van der Waals surface area (Å²) < 4.78 is 5.76. The Labute approximate surface area is 130 Å². The van der Waals surface area contributed by atoms with E-state index in [2.05, 4.69) is 15.3 Å². The number of urea groups is 1. The van der Waals surface area contributed by atoms with Crippen molar-refractivity contribution in [3.05, 3.63) is 12.4 Å². The molecule has 7 nitrogen and oxygen atoms in total. The zero-order valence-electron chi connectivity index (χ0n) is 13.2. The molecular formula is C15H23N5O2. The van der Waals surface area contributed by atoms with Crippen LogP contribution in [-0.4, -0.2) is 60.3 Å². The summed E-state index contributed by atoms with van der Waals surface area (Å²) in [7, 11) is 3.76. The van der Waals surface area contributed by atoms with Crippen molar-refractivity contribution in [2.75, 3.05) is 37.5 Å². The van der Waals surface area contributed by atoms with Gasteiger partial charge in [0.2, 0.25) is 5.95 Å². The van der Waals surface area contributed by atoms with Gasteiger partial charge in [0.15, 0.2) is 0 Å². The Morgan fingerprint density at radius 1 is 1.32 bits per heavy atom. The summed E-state index contributed by atoms with van der Waals surface area (Å²) in [6.07, 6.45) is 7.67. The Morgan fingerprint density at radius 2 is 2.09 bits per heavy atom. The molecule has 0 aromatic carbocycles. The zero-order valence-corrected chi connectivity index (χ0v) is 13.2. The standard InChI is InChI=1S/C15H23N5O2/c1-19(2)14-16-9-11(10-17-14)18-15(21)20-7-3-5-12(20)13-6-4-8-22-13/h9-10,12-13H,3-8H2,1-2H3,(H,18,21). The molecule has 1 aromatic heterocycles. The summed E-state index contributed by atoms with van der Waals surface area (Å²) >= 11 is 0. The molecule has 0 aliphatic carbocycles. The molecule has 2 saturated heterocycles. The molecule has 2 aliphatic heterocycles. The van der Waals surface area contributed by atoms with Crippen LogP contribution < -0.4 is 10.2 Å². The number of amides is 2. The maximum absolute atomic E-state index is 12.5. The highest BCUT2D eigenvalue weighted by Gasteiger charge is 2.36. The van der Waals surface area contributed by atoms with Crippen LogP contribution in [0.25, 0.3) is 0 Å². The first-order valence-electron chi connectivity index (χ1n) is 7.84. The van der Waals surface area contributed by atoms with Gasteiger partial charge in [0.1, 0.15) is 0 Å². The third-order valence-corrected chi connectivity index (χ3v) is 4.24. The lowest BCUT2D eigenvalue weighted by molar-refractivity contribution is 0.0543. The molecule has 7 heteroatoms. The molecule has 0 radical (unpaired) electrons. The predicted molar refractivity (Wildman–Crippen MR) is 84.1 cm³/mol.